The second kappa shape index (κ2) is 13.1. The number of guanidine groups is 1. The van der Waals surface area contributed by atoms with Gasteiger partial charge in [0, 0.05) is 25.6 Å². The molecule has 8 heteroatoms. The molecule has 32 heavy (non-hydrogen) atoms. The van der Waals surface area contributed by atoms with Gasteiger partial charge in [-0.2, -0.15) is 0 Å². The first-order chi connectivity index (χ1) is 14.8. The van der Waals surface area contributed by atoms with Crippen LogP contribution in [0.5, 0.6) is 11.5 Å². The van der Waals surface area contributed by atoms with Crippen LogP contribution in [0.15, 0.2) is 23.2 Å². The van der Waals surface area contributed by atoms with Gasteiger partial charge in [0.15, 0.2) is 17.5 Å². The number of carbonyl (C=O) groups excluding carboxylic acids is 1. The van der Waals surface area contributed by atoms with Crippen LogP contribution < -0.4 is 25.4 Å². The molecule has 1 aliphatic rings. The van der Waals surface area contributed by atoms with Crippen LogP contribution in [0.25, 0.3) is 0 Å². The minimum atomic E-state index is -0.566. The van der Waals surface area contributed by atoms with Crippen molar-refractivity contribution in [1.82, 2.24) is 16.0 Å². The number of rotatable bonds is 9. The van der Waals surface area contributed by atoms with Crippen molar-refractivity contribution in [2.24, 2.45) is 10.4 Å². The van der Waals surface area contributed by atoms with E-state index in [1.54, 1.807) is 21.3 Å². The van der Waals surface area contributed by atoms with Crippen LogP contribution in [0, 0.1) is 5.41 Å². The molecule has 2 rings (SSSR count). The summed E-state index contributed by atoms with van der Waals surface area (Å²) >= 11 is 0. The Balaban J connectivity index is 0.00000512. The molecule has 0 saturated heterocycles. The predicted octanol–water partition coefficient (Wildman–Crippen LogP) is 3.85. The molecule has 182 valence electrons. The molecule has 0 spiro atoms. The molecule has 7 nitrogen and oxygen atoms in total. The summed E-state index contributed by atoms with van der Waals surface area (Å²) < 4.78 is 11.0. The van der Waals surface area contributed by atoms with Gasteiger partial charge in [-0.25, -0.2) is 0 Å². The Bertz CT molecular complexity index is 762. The number of hydrogen-bond acceptors (Lipinski definition) is 4. The quantitative estimate of drug-likeness (QED) is 0.243. The van der Waals surface area contributed by atoms with Crippen molar-refractivity contribution in [2.75, 3.05) is 40.9 Å². The Hall–Kier alpha value is -1.71. The maximum atomic E-state index is 12.1. The average molecular weight is 561 g/mol. The standard InChI is InChI=1S/C24H40N4O3.HI/c1-7-26-22(27-16-23(2,3)21(29)25-4)28-17-24(13-9-8-10-14-24)18-11-12-19(30-5)20(15-18)31-6;/h11-12,15H,7-10,13-14,16-17H2,1-6H3,(H,25,29)(H2,26,27,28);1H. The maximum absolute atomic E-state index is 12.1. The van der Waals surface area contributed by atoms with Gasteiger partial charge in [0.05, 0.1) is 26.2 Å². The second-order valence-corrected chi connectivity index (χ2v) is 8.92. The van der Waals surface area contributed by atoms with Crippen LogP contribution in [-0.4, -0.2) is 52.8 Å². The van der Waals surface area contributed by atoms with E-state index in [2.05, 4.69) is 28.1 Å². The van der Waals surface area contributed by atoms with Gasteiger partial charge >= 0.3 is 0 Å². The van der Waals surface area contributed by atoms with Crippen molar-refractivity contribution in [2.45, 2.75) is 58.3 Å². The van der Waals surface area contributed by atoms with Crippen LogP contribution in [0.2, 0.25) is 0 Å². The number of hydrogen-bond donors (Lipinski definition) is 3. The molecule has 0 radical (unpaired) electrons. The number of nitrogens with one attached hydrogen (secondary N) is 3. The monoisotopic (exact) mass is 560 g/mol. The molecular weight excluding hydrogens is 519 g/mol. The van der Waals surface area contributed by atoms with E-state index in [0.29, 0.717) is 6.54 Å². The first-order valence-corrected chi connectivity index (χ1v) is 11.3. The third-order valence-corrected chi connectivity index (χ3v) is 6.22. The first kappa shape index (κ1) is 28.3. The lowest BCUT2D eigenvalue weighted by molar-refractivity contribution is -0.128. The molecule has 1 aromatic rings. The van der Waals surface area contributed by atoms with Crippen LogP contribution >= 0.6 is 24.0 Å². The zero-order valence-corrected chi connectivity index (χ0v) is 22.8. The molecule has 1 aliphatic carbocycles. The average Bonchev–Trinajstić information content (AvgIpc) is 2.80. The molecule has 0 aromatic heterocycles. The topological polar surface area (TPSA) is 84.0 Å². The fourth-order valence-electron chi connectivity index (χ4n) is 4.24. The van der Waals surface area contributed by atoms with Crippen molar-refractivity contribution < 1.29 is 14.3 Å². The Morgan fingerprint density at radius 1 is 1.09 bits per heavy atom. The Morgan fingerprint density at radius 3 is 2.31 bits per heavy atom. The molecular formula is C24H41IN4O3. The largest absolute Gasteiger partial charge is 0.493 e. The number of ether oxygens (including phenoxy) is 2. The Labute approximate surface area is 210 Å². The van der Waals surface area contributed by atoms with Crippen molar-refractivity contribution >= 4 is 35.8 Å². The Morgan fingerprint density at radius 2 is 1.75 bits per heavy atom. The summed E-state index contributed by atoms with van der Waals surface area (Å²) in [5, 5.41) is 9.61. The molecule has 0 atom stereocenters. The van der Waals surface area contributed by atoms with Crippen molar-refractivity contribution in [3.63, 3.8) is 0 Å². The lowest BCUT2D eigenvalue weighted by atomic mass is 9.69. The van der Waals surface area contributed by atoms with E-state index in [-0.39, 0.29) is 35.3 Å². The summed E-state index contributed by atoms with van der Waals surface area (Å²) in [6, 6.07) is 6.27. The minimum absolute atomic E-state index is 0. The van der Waals surface area contributed by atoms with E-state index in [1.807, 2.05) is 26.8 Å². The van der Waals surface area contributed by atoms with E-state index in [0.717, 1.165) is 43.4 Å². The molecule has 1 amide bonds. The summed E-state index contributed by atoms with van der Waals surface area (Å²) in [6.07, 6.45) is 5.89. The molecule has 1 fully saturated rings. The third kappa shape index (κ3) is 7.15. The van der Waals surface area contributed by atoms with Gasteiger partial charge in [-0.15, -0.1) is 24.0 Å². The fraction of sp³-hybridized carbons (Fsp3) is 0.667. The van der Waals surface area contributed by atoms with E-state index >= 15 is 0 Å². The van der Waals surface area contributed by atoms with Gasteiger partial charge in [-0.1, -0.05) is 25.3 Å². The lowest BCUT2D eigenvalue weighted by Gasteiger charge is -2.38. The van der Waals surface area contributed by atoms with E-state index in [9.17, 15) is 4.79 Å². The number of methoxy groups -OCH3 is 2. The van der Waals surface area contributed by atoms with Crippen molar-refractivity contribution in [3.05, 3.63) is 23.8 Å². The predicted molar refractivity (Wildman–Crippen MR) is 142 cm³/mol. The minimum Gasteiger partial charge on any atom is -0.493 e. The van der Waals surface area contributed by atoms with Crippen molar-refractivity contribution in [1.29, 1.82) is 0 Å². The zero-order chi connectivity index (χ0) is 22.9. The van der Waals surface area contributed by atoms with Crippen LogP contribution in [0.3, 0.4) is 0 Å². The summed E-state index contributed by atoms with van der Waals surface area (Å²) in [7, 11) is 5.00. The van der Waals surface area contributed by atoms with Crippen LogP contribution in [-0.2, 0) is 10.2 Å². The maximum Gasteiger partial charge on any atom is 0.227 e. The second-order valence-electron chi connectivity index (χ2n) is 8.92. The molecule has 0 unspecified atom stereocenters. The zero-order valence-electron chi connectivity index (χ0n) is 20.5. The van der Waals surface area contributed by atoms with Crippen LogP contribution in [0.1, 0.15) is 58.4 Å². The van der Waals surface area contributed by atoms with E-state index in [4.69, 9.17) is 14.5 Å². The van der Waals surface area contributed by atoms with Crippen LogP contribution in [0.4, 0.5) is 0 Å². The summed E-state index contributed by atoms with van der Waals surface area (Å²) in [6.45, 7) is 7.80. The number of amides is 1. The van der Waals surface area contributed by atoms with Gasteiger partial charge < -0.3 is 25.4 Å². The highest BCUT2D eigenvalue weighted by atomic mass is 127. The first-order valence-electron chi connectivity index (χ1n) is 11.3. The van der Waals surface area contributed by atoms with Gasteiger partial charge in [-0.3, -0.25) is 9.79 Å². The molecule has 0 bridgehead atoms. The van der Waals surface area contributed by atoms with Gasteiger partial charge in [0.1, 0.15) is 0 Å². The number of aliphatic imine (C=N–C) groups is 1. The van der Waals surface area contributed by atoms with Gasteiger partial charge in [0.25, 0.3) is 0 Å². The van der Waals surface area contributed by atoms with E-state index < -0.39 is 5.41 Å². The van der Waals surface area contributed by atoms with E-state index in [1.165, 1.54) is 24.8 Å². The molecule has 3 N–H and O–H groups in total. The summed E-state index contributed by atoms with van der Waals surface area (Å²) in [4.78, 5) is 16.8. The smallest absolute Gasteiger partial charge is 0.227 e. The number of carbonyl (C=O) groups is 1. The van der Waals surface area contributed by atoms with Gasteiger partial charge in [-0.05, 0) is 51.3 Å². The molecule has 1 aromatic carbocycles. The highest BCUT2D eigenvalue weighted by Crippen LogP contribution is 2.42. The number of benzene rings is 1. The SMILES string of the molecule is CCNC(=NCC(C)(C)C(=O)NC)NCC1(c2ccc(OC)c(OC)c2)CCCCC1.I. The molecule has 1 saturated carbocycles. The normalized spacial score (nSPS) is 15.9. The third-order valence-electron chi connectivity index (χ3n) is 6.22. The molecule has 0 aliphatic heterocycles. The number of nitrogens with zero attached hydrogens (tertiary/aromatic N) is 1. The van der Waals surface area contributed by atoms with Crippen molar-refractivity contribution in [3.8, 4) is 11.5 Å². The summed E-state index contributed by atoms with van der Waals surface area (Å²) in [5.74, 6) is 2.24. The fourth-order valence-corrected chi connectivity index (χ4v) is 4.24. The highest BCUT2D eigenvalue weighted by Gasteiger charge is 2.35. The lowest BCUT2D eigenvalue weighted by Crippen LogP contribution is -2.47. The Kier molecular flexibility index (Phi) is 11.6. The number of halogens is 1. The summed E-state index contributed by atoms with van der Waals surface area (Å²) in [5.41, 5.74) is 0.701. The van der Waals surface area contributed by atoms with Gasteiger partial charge in [0.2, 0.25) is 5.91 Å². The highest BCUT2D eigenvalue weighted by molar-refractivity contribution is 14.0. The molecule has 0 heterocycles.